The van der Waals surface area contributed by atoms with Gasteiger partial charge in [-0.15, -0.1) is 0 Å². The molecule has 2 aromatic rings. The van der Waals surface area contributed by atoms with Crippen LogP contribution in [0.3, 0.4) is 0 Å². The van der Waals surface area contributed by atoms with Gasteiger partial charge in [-0.2, -0.15) is 5.10 Å². The zero-order valence-electron chi connectivity index (χ0n) is 11.8. The van der Waals surface area contributed by atoms with Crippen molar-refractivity contribution in [3.8, 4) is 0 Å². The summed E-state index contributed by atoms with van der Waals surface area (Å²) >= 11 is 0. The van der Waals surface area contributed by atoms with Crippen LogP contribution < -0.4 is 10.7 Å². The summed E-state index contributed by atoms with van der Waals surface area (Å²) in [4.78, 5) is 22.6. The number of rotatable bonds is 4. The van der Waals surface area contributed by atoms with Crippen molar-refractivity contribution in [2.45, 2.75) is 6.92 Å². The molecule has 0 atom stereocenters. The fourth-order valence-electron chi connectivity index (χ4n) is 1.69. The molecular weight excluding hydrogens is 285 g/mol. The molecule has 0 unspecified atom stereocenters. The molecule has 22 heavy (non-hydrogen) atoms. The summed E-state index contributed by atoms with van der Waals surface area (Å²) in [5.41, 5.74) is 4.11. The van der Waals surface area contributed by atoms with Crippen molar-refractivity contribution >= 4 is 23.7 Å². The molecule has 0 aromatic heterocycles. The lowest BCUT2D eigenvalue weighted by Gasteiger charge is -2.02. The number of benzene rings is 2. The van der Waals surface area contributed by atoms with Crippen LogP contribution in [0.2, 0.25) is 0 Å². The second kappa shape index (κ2) is 7.12. The fraction of sp³-hybridized carbons (Fsp3) is 0.0625. The first kappa shape index (κ1) is 15.4. The van der Waals surface area contributed by atoms with Gasteiger partial charge in [0.25, 0.3) is 5.91 Å². The molecule has 0 saturated carbocycles. The summed E-state index contributed by atoms with van der Waals surface area (Å²) in [5, 5.41) is 6.47. The molecule has 2 aromatic carbocycles. The van der Waals surface area contributed by atoms with Crippen LogP contribution in [0.5, 0.6) is 0 Å². The Morgan fingerprint density at radius 1 is 1.05 bits per heavy atom. The molecular formula is C16H14FN3O2. The van der Waals surface area contributed by atoms with Gasteiger partial charge in [0.15, 0.2) is 0 Å². The predicted octanol–water partition coefficient (Wildman–Crippen LogP) is 2.55. The molecule has 0 aliphatic carbocycles. The van der Waals surface area contributed by atoms with Crippen LogP contribution in [0.4, 0.5) is 10.1 Å². The van der Waals surface area contributed by atoms with Gasteiger partial charge in [-0.3, -0.25) is 9.59 Å². The van der Waals surface area contributed by atoms with E-state index in [0.29, 0.717) is 11.3 Å². The molecule has 0 saturated heterocycles. The molecule has 0 aliphatic heterocycles. The standard InChI is InChI=1S/C16H14FN3O2/c1-11(21)19-15-8-2-12(3-9-15)10-18-20-16(22)13-4-6-14(17)7-5-13/h2-10H,1H3,(H,19,21)(H,20,22). The van der Waals surface area contributed by atoms with Gasteiger partial charge in [-0.25, -0.2) is 9.82 Å². The molecule has 112 valence electrons. The van der Waals surface area contributed by atoms with Crippen LogP contribution in [-0.2, 0) is 4.79 Å². The van der Waals surface area contributed by atoms with E-state index in [4.69, 9.17) is 0 Å². The van der Waals surface area contributed by atoms with Crippen LogP contribution in [-0.4, -0.2) is 18.0 Å². The molecule has 0 fully saturated rings. The van der Waals surface area contributed by atoms with E-state index < -0.39 is 11.7 Å². The van der Waals surface area contributed by atoms with Gasteiger partial charge in [-0.1, -0.05) is 12.1 Å². The van der Waals surface area contributed by atoms with Crippen molar-refractivity contribution < 1.29 is 14.0 Å². The SMILES string of the molecule is CC(=O)Nc1ccc(C=NNC(=O)c2ccc(F)cc2)cc1. The van der Waals surface area contributed by atoms with Crippen molar-refractivity contribution in [1.29, 1.82) is 0 Å². The maximum atomic E-state index is 12.7. The Hall–Kier alpha value is -3.02. The van der Waals surface area contributed by atoms with E-state index in [-0.39, 0.29) is 5.91 Å². The topological polar surface area (TPSA) is 70.6 Å². The van der Waals surface area contributed by atoms with Crippen molar-refractivity contribution in [1.82, 2.24) is 5.43 Å². The normalized spacial score (nSPS) is 10.5. The first-order valence-corrected chi connectivity index (χ1v) is 6.51. The van der Waals surface area contributed by atoms with E-state index in [1.54, 1.807) is 24.3 Å². The lowest BCUT2D eigenvalue weighted by atomic mass is 10.2. The molecule has 0 aliphatic rings. The third kappa shape index (κ3) is 4.52. The van der Waals surface area contributed by atoms with Crippen molar-refractivity contribution in [3.05, 3.63) is 65.5 Å². The Bertz CT molecular complexity index is 694. The van der Waals surface area contributed by atoms with Gasteiger partial charge in [0.1, 0.15) is 5.82 Å². The Labute approximate surface area is 126 Å². The molecule has 6 heteroatoms. The summed E-state index contributed by atoms with van der Waals surface area (Å²) < 4.78 is 12.7. The Morgan fingerprint density at radius 2 is 1.68 bits per heavy atom. The zero-order chi connectivity index (χ0) is 15.9. The first-order valence-electron chi connectivity index (χ1n) is 6.51. The molecule has 0 heterocycles. The van der Waals surface area contributed by atoms with Crippen LogP contribution in [0.15, 0.2) is 53.6 Å². The molecule has 2 rings (SSSR count). The molecule has 0 radical (unpaired) electrons. The molecule has 2 N–H and O–H groups in total. The highest BCUT2D eigenvalue weighted by molar-refractivity contribution is 5.95. The van der Waals surface area contributed by atoms with E-state index in [1.807, 2.05) is 0 Å². The van der Waals surface area contributed by atoms with Gasteiger partial charge < -0.3 is 5.32 Å². The number of carbonyl (C=O) groups excluding carboxylic acids is 2. The zero-order valence-corrected chi connectivity index (χ0v) is 11.8. The minimum absolute atomic E-state index is 0.145. The highest BCUT2D eigenvalue weighted by atomic mass is 19.1. The van der Waals surface area contributed by atoms with E-state index in [1.165, 1.54) is 37.4 Å². The summed E-state index contributed by atoms with van der Waals surface area (Å²) in [6, 6.07) is 12.1. The molecule has 0 bridgehead atoms. The van der Waals surface area contributed by atoms with Crippen LogP contribution in [0.25, 0.3) is 0 Å². The first-order chi connectivity index (χ1) is 10.5. The van der Waals surface area contributed by atoms with E-state index in [2.05, 4.69) is 15.8 Å². The summed E-state index contributed by atoms with van der Waals surface area (Å²) in [5.74, 6) is -0.974. The van der Waals surface area contributed by atoms with E-state index in [9.17, 15) is 14.0 Å². The third-order valence-electron chi connectivity index (χ3n) is 2.72. The van der Waals surface area contributed by atoms with Gasteiger partial charge >= 0.3 is 0 Å². The Morgan fingerprint density at radius 3 is 2.27 bits per heavy atom. The second-order valence-corrected chi connectivity index (χ2v) is 4.51. The largest absolute Gasteiger partial charge is 0.326 e. The van der Waals surface area contributed by atoms with Crippen molar-refractivity contribution in [2.75, 3.05) is 5.32 Å². The maximum absolute atomic E-state index is 12.7. The quantitative estimate of drug-likeness (QED) is 0.673. The lowest BCUT2D eigenvalue weighted by molar-refractivity contribution is -0.114. The van der Waals surface area contributed by atoms with Crippen LogP contribution in [0, 0.1) is 5.82 Å². The predicted molar refractivity (Wildman–Crippen MR) is 82.2 cm³/mol. The van der Waals surface area contributed by atoms with E-state index >= 15 is 0 Å². The van der Waals surface area contributed by atoms with Gasteiger partial charge in [0.2, 0.25) is 5.91 Å². The van der Waals surface area contributed by atoms with E-state index in [0.717, 1.165) is 5.56 Å². The van der Waals surface area contributed by atoms with Crippen molar-refractivity contribution in [2.24, 2.45) is 5.10 Å². The minimum Gasteiger partial charge on any atom is -0.326 e. The van der Waals surface area contributed by atoms with Gasteiger partial charge in [-0.05, 0) is 42.0 Å². The number of carbonyl (C=O) groups is 2. The number of nitrogens with zero attached hydrogens (tertiary/aromatic N) is 1. The monoisotopic (exact) mass is 299 g/mol. The third-order valence-corrected chi connectivity index (χ3v) is 2.72. The average molecular weight is 299 g/mol. The number of halogens is 1. The lowest BCUT2D eigenvalue weighted by Crippen LogP contribution is -2.17. The van der Waals surface area contributed by atoms with Crippen LogP contribution >= 0.6 is 0 Å². The Kier molecular flexibility index (Phi) is 4.98. The Balaban J connectivity index is 1.93. The number of hydrazone groups is 1. The minimum atomic E-state index is -0.425. The number of nitrogens with one attached hydrogen (secondary N) is 2. The molecule has 5 nitrogen and oxygen atoms in total. The average Bonchev–Trinajstić information content (AvgIpc) is 2.49. The number of hydrogen-bond donors (Lipinski definition) is 2. The second-order valence-electron chi connectivity index (χ2n) is 4.51. The highest BCUT2D eigenvalue weighted by Crippen LogP contribution is 2.08. The highest BCUT2D eigenvalue weighted by Gasteiger charge is 2.03. The molecule has 0 spiro atoms. The smallest absolute Gasteiger partial charge is 0.271 e. The number of anilines is 1. The number of hydrogen-bond acceptors (Lipinski definition) is 3. The fourth-order valence-corrected chi connectivity index (χ4v) is 1.69. The van der Waals surface area contributed by atoms with Gasteiger partial charge in [0, 0.05) is 18.2 Å². The van der Waals surface area contributed by atoms with Crippen LogP contribution in [0.1, 0.15) is 22.8 Å². The van der Waals surface area contributed by atoms with Crippen molar-refractivity contribution in [3.63, 3.8) is 0 Å². The molecule has 2 amide bonds. The van der Waals surface area contributed by atoms with Gasteiger partial charge in [0.05, 0.1) is 6.21 Å². The summed E-state index contributed by atoms with van der Waals surface area (Å²) in [6.45, 7) is 1.43. The number of amides is 2. The maximum Gasteiger partial charge on any atom is 0.271 e. The summed E-state index contributed by atoms with van der Waals surface area (Å²) in [7, 11) is 0. The summed E-state index contributed by atoms with van der Waals surface area (Å²) in [6.07, 6.45) is 1.47.